The van der Waals surface area contributed by atoms with E-state index >= 15 is 0 Å². The molecule has 8 aromatic carbocycles. The molecule has 4 heteroatoms. The summed E-state index contributed by atoms with van der Waals surface area (Å²) in [6.07, 6.45) is 2.06. The molecule has 0 aliphatic rings. The van der Waals surface area contributed by atoms with Crippen molar-refractivity contribution in [1.82, 2.24) is 0 Å². The second-order valence-corrected chi connectivity index (χ2v) is 15.8. The molecular weight excluding hydrogens is 705 g/mol. The van der Waals surface area contributed by atoms with Gasteiger partial charge in [0.05, 0.1) is 6.54 Å². The Morgan fingerprint density at radius 1 is 0.400 bits per heavy atom. The SMILES string of the molecule is C(=NCc1cccc(-c2ccc3c(c2)sc2ccccc23)c1)c1cccc2sc3ccc(-c4cccc(-c5ccccc5)c4)cc3c12.NCc1ccccc1. The van der Waals surface area contributed by atoms with E-state index < -0.39 is 0 Å². The third kappa shape index (κ3) is 7.36. The van der Waals surface area contributed by atoms with Crippen molar-refractivity contribution >= 4 is 69.2 Å². The van der Waals surface area contributed by atoms with Gasteiger partial charge >= 0.3 is 0 Å². The van der Waals surface area contributed by atoms with Gasteiger partial charge in [-0.15, -0.1) is 22.7 Å². The Labute approximate surface area is 329 Å². The van der Waals surface area contributed by atoms with E-state index in [2.05, 4.69) is 164 Å². The molecule has 0 radical (unpaired) electrons. The van der Waals surface area contributed by atoms with Gasteiger partial charge < -0.3 is 5.73 Å². The summed E-state index contributed by atoms with van der Waals surface area (Å²) in [5.41, 5.74) is 16.3. The molecule has 0 fully saturated rings. The minimum Gasteiger partial charge on any atom is -0.326 e. The predicted molar refractivity (Wildman–Crippen MR) is 241 cm³/mol. The van der Waals surface area contributed by atoms with Gasteiger partial charge in [0.2, 0.25) is 0 Å². The molecule has 0 bridgehead atoms. The highest BCUT2D eigenvalue weighted by Crippen LogP contribution is 2.39. The fourth-order valence-electron chi connectivity index (χ4n) is 7.27. The van der Waals surface area contributed by atoms with Crippen LogP contribution in [0, 0.1) is 0 Å². The lowest BCUT2D eigenvalue weighted by Gasteiger charge is -2.07. The van der Waals surface area contributed by atoms with Gasteiger partial charge in [0.1, 0.15) is 0 Å². The number of nitrogens with two attached hydrogens (primary N) is 1. The molecule has 0 amide bonds. The van der Waals surface area contributed by atoms with Crippen LogP contribution in [0.4, 0.5) is 0 Å². The van der Waals surface area contributed by atoms with Crippen LogP contribution in [0.5, 0.6) is 0 Å². The Bertz CT molecular complexity index is 2940. The van der Waals surface area contributed by atoms with E-state index in [1.165, 1.54) is 84.9 Å². The van der Waals surface area contributed by atoms with Gasteiger partial charge in [0.25, 0.3) is 0 Å². The first-order chi connectivity index (χ1) is 27.2. The molecule has 0 aliphatic heterocycles. The Hall–Kier alpha value is -6.17. The lowest BCUT2D eigenvalue weighted by atomic mass is 9.97. The zero-order valence-corrected chi connectivity index (χ0v) is 31.9. The topological polar surface area (TPSA) is 38.4 Å². The highest BCUT2D eigenvalue weighted by molar-refractivity contribution is 7.26. The molecular formula is C51H38N2S2. The highest BCUT2D eigenvalue weighted by atomic mass is 32.1. The zero-order chi connectivity index (χ0) is 37.0. The zero-order valence-electron chi connectivity index (χ0n) is 30.2. The van der Waals surface area contributed by atoms with Crippen molar-refractivity contribution in [2.45, 2.75) is 13.1 Å². The number of hydrogen-bond donors (Lipinski definition) is 1. The molecule has 0 saturated heterocycles. The van der Waals surface area contributed by atoms with E-state index in [4.69, 9.17) is 10.7 Å². The standard InChI is InChI=1S/C44H29NS2.C7H9N/c1-2-10-30(11-3-1)32-13-7-14-33(24-32)34-20-22-41-39(25-34)44-36(15-8-18-42(44)46-41)28-45-27-29-9-6-12-31(23-29)35-19-21-38-37-16-4-5-17-40(37)47-43(38)26-35;8-6-7-4-2-1-3-5-7/h1-26,28H,27H2;1-5H,6,8H2. The molecule has 2 N–H and O–H groups in total. The van der Waals surface area contributed by atoms with Crippen LogP contribution in [0.15, 0.2) is 193 Å². The number of fused-ring (bicyclic) bond motifs is 6. The van der Waals surface area contributed by atoms with Crippen LogP contribution in [0.25, 0.3) is 73.7 Å². The fourth-order valence-corrected chi connectivity index (χ4v) is 9.53. The summed E-state index contributed by atoms with van der Waals surface area (Å²) in [5, 5.41) is 5.23. The molecule has 10 aromatic rings. The van der Waals surface area contributed by atoms with Gasteiger partial charge in [-0.25, -0.2) is 0 Å². The van der Waals surface area contributed by atoms with Gasteiger partial charge in [0.15, 0.2) is 0 Å². The maximum absolute atomic E-state index is 5.35. The Balaban J connectivity index is 0.000000444. The molecule has 2 nitrogen and oxygen atoms in total. The first-order valence-corrected chi connectivity index (χ1v) is 20.2. The summed E-state index contributed by atoms with van der Waals surface area (Å²) in [4.78, 5) is 4.97. The number of hydrogen-bond acceptors (Lipinski definition) is 4. The van der Waals surface area contributed by atoms with Gasteiger partial charge in [0, 0.05) is 58.7 Å². The molecule has 0 aliphatic carbocycles. The number of benzene rings is 8. The van der Waals surface area contributed by atoms with Gasteiger partial charge in [-0.3, -0.25) is 4.99 Å². The summed E-state index contributed by atoms with van der Waals surface area (Å²) >= 11 is 3.72. The van der Waals surface area contributed by atoms with E-state index in [1.54, 1.807) is 0 Å². The molecule has 0 saturated carbocycles. The van der Waals surface area contributed by atoms with Crippen molar-refractivity contribution < 1.29 is 0 Å². The highest BCUT2D eigenvalue weighted by Gasteiger charge is 2.11. The molecule has 10 rings (SSSR count). The molecule has 0 spiro atoms. The van der Waals surface area contributed by atoms with Crippen LogP contribution in [-0.4, -0.2) is 6.21 Å². The molecule has 2 aromatic heterocycles. The average molecular weight is 743 g/mol. The summed E-state index contributed by atoms with van der Waals surface area (Å²) in [6, 6.07) is 67.2. The van der Waals surface area contributed by atoms with Crippen molar-refractivity contribution in [2.24, 2.45) is 10.7 Å². The lowest BCUT2D eigenvalue weighted by molar-refractivity contribution is 1.07. The maximum Gasteiger partial charge on any atom is 0.0640 e. The van der Waals surface area contributed by atoms with E-state index in [9.17, 15) is 0 Å². The normalized spacial score (nSPS) is 11.4. The van der Waals surface area contributed by atoms with Gasteiger partial charge in [-0.2, -0.15) is 0 Å². The first kappa shape index (κ1) is 34.6. The smallest absolute Gasteiger partial charge is 0.0640 e. The Kier molecular flexibility index (Phi) is 9.85. The summed E-state index contributed by atoms with van der Waals surface area (Å²) in [5.74, 6) is 0. The number of thiophene rings is 2. The number of aliphatic imine (C=N–C) groups is 1. The van der Waals surface area contributed by atoms with Crippen LogP contribution in [-0.2, 0) is 13.1 Å². The first-order valence-electron chi connectivity index (χ1n) is 18.6. The van der Waals surface area contributed by atoms with Crippen molar-refractivity contribution in [3.63, 3.8) is 0 Å². The van der Waals surface area contributed by atoms with Crippen LogP contribution in [0.2, 0.25) is 0 Å². The Morgan fingerprint density at radius 2 is 0.964 bits per heavy atom. The molecule has 55 heavy (non-hydrogen) atoms. The second kappa shape index (κ2) is 15.7. The summed E-state index contributed by atoms with van der Waals surface area (Å²) < 4.78 is 5.25. The minimum absolute atomic E-state index is 0.634. The minimum atomic E-state index is 0.634. The van der Waals surface area contributed by atoms with Crippen LogP contribution >= 0.6 is 22.7 Å². The van der Waals surface area contributed by atoms with Crippen molar-refractivity contribution in [2.75, 3.05) is 0 Å². The van der Waals surface area contributed by atoms with E-state index in [0.29, 0.717) is 13.1 Å². The van der Waals surface area contributed by atoms with Crippen molar-refractivity contribution in [3.05, 3.63) is 205 Å². The Morgan fingerprint density at radius 3 is 1.78 bits per heavy atom. The molecule has 264 valence electrons. The quantitative estimate of drug-likeness (QED) is 0.162. The van der Waals surface area contributed by atoms with Gasteiger partial charge in [-0.1, -0.05) is 146 Å². The molecule has 0 atom stereocenters. The van der Waals surface area contributed by atoms with Gasteiger partial charge in [-0.05, 0) is 87.0 Å². The van der Waals surface area contributed by atoms with Crippen LogP contribution in [0.1, 0.15) is 16.7 Å². The van der Waals surface area contributed by atoms with Crippen LogP contribution in [0.3, 0.4) is 0 Å². The molecule has 2 heterocycles. The fraction of sp³-hybridized carbons (Fsp3) is 0.0392. The predicted octanol–water partition coefficient (Wildman–Crippen LogP) is 14.2. The second-order valence-electron chi connectivity index (χ2n) is 13.6. The summed E-state index contributed by atoms with van der Waals surface area (Å²) in [7, 11) is 0. The average Bonchev–Trinajstić information content (AvgIpc) is 3.83. The third-order valence-electron chi connectivity index (χ3n) is 10.1. The largest absolute Gasteiger partial charge is 0.326 e. The van der Waals surface area contributed by atoms with E-state index in [0.717, 1.165) is 5.56 Å². The molecule has 0 unspecified atom stereocenters. The number of rotatable bonds is 7. The van der Waals surface area contributed by atoms with E-state index in [-0.39, 0.29) is 0 Å². The number of nitrogens with zero attached hydrogens (tertiary/aromatic N) is 1. The lowest BCUT2D eigenvalue weighted by Crippen LogP contribution is -1.94. The van der Waals surface area contributed by atoms with Crippen molar-refractivity contribution in [1.29, 1.82) is 0 Å². The summed E-state index contributed by atoms with van der Waals surface area (Å²) in [6.45, 7) is 1.27. The third-order valence-corrected chi connectivity index (χ3v) is 12.3. The maximum atomic E-state index is 5.35. The van der Waals surface area contributed by atoms with Crippen LogP contribution < -0.4 is 5.73 Å². The monoisotopic (exact) mass is 742 g/mol. The van der Waals surface area contributed by atoms with E-state index in [1.807, 2.05) is 53.0 Å². The van der Waals surface area contributed by atoms with Crippen molar-refractivity contribution in [3.8, 4) is 33.4 Å².